The average Bonchev–Trinajstić information content (AvgIpc) is 2.38. The van der Waals surface area contributed by atoms with Gasteiger partial charge in [0.25, 0.3) is 0 Å². The number of rotatable bonds is 7. The highest BCUT2D eigenvalue weighted by Gasteiger charge is 2.08. The second-order valence-electron chi connectivity index (χ2n) is 4.35. The molecule has 5 heteroatoms. The van der Waals surface area contributed by atoms with Crippen molar-refractivity contribution in [2.24, 2.45) is 0 Å². The number of nitrogen functional groups attached to an aromatic ring is 1. The van der Waals surface area contributed by atoms with E-state index >= 15 is 0 Å². The molecule has 0 bridgehead atoms. The number of methoxy groups -OCH3 is 1. The molecule has 0 heterocycles. The Hall–Kier alpha value is -1.75. The summed E-state index contributed by atoms with van der Waals surface area (Å²) in [4.78, 5) is 11.8. The van der Waals surface area contributed by atoms with Gasteiger partial charge in [-0.1, -0.05) is 6.92 Å². The van der Waals surface area contributed by atoms with Crippen LogP contribution in [0.4, 0.5) is 11.4 Å². The third-order valence-corrected chi connectivity index (χ3v) is 2.80. The minimum absolute atomic E-state index is 0.118. The molecule has 1 aromatic carbocycles. The normalized spacial score (nSPS) is 11.9. The third kappa shape index (κ3) is 5.18. The molecule has 0 saturated heterocycles. The molecule has 1 amide bonds. The number of benzene rings is 1. The van der Waals surface area contributed by atoms with Gasteiger partial charge in [-0.05, 0) is 31.5 Å². The van der Waals surface area contributed by atoms with E-state index in [4.69, 9.17) is 15.2 Å². The molecule has 1 unspecified atom stereocenters. The van der Waals surface area contributed by atoms with Gasteiger partial charge in [-0.25, -0.2) is 0 Å². The minimum Gasteiger partial charge on any atom is -0.495 e. The monoisotopic (exact) mass is 266 g/mol. The number of carbonyl (C=O) groups is 1. The maximum absolute atomic E-state index is 11.8. The SMILES string of the molecule is CCC(C)OCCC(=O)Nc1cc(N)ccc1OC. The van der Waals surface area contributed by atoms with Gasteiger partial charge in [0.15, 0.2) is 0 Å². The van der Waals surface area contributed by atoms with Crippen LogP contribution in [0.5, 0.6) is 5.75 Å². The molecular weight excluding hydrogens is 244 g/mol. The Morgan fingerprint density at radius 3 is 2.84 bits per heavy atom. The number of anilines is 2. The molecule has 1 atom stereocenters. The summed E-state index contributed by atoms with van der Waals surface area (Å²) in [6.07, 6.45) is 1.42. The number of nitrogens with one attached hydrogen (secondary N) is 1. The van der Waals surface area contributed by atoms with Crippen molar-refractivity contribution in [1.29, 1.82) is 0 Å². The lowest BCUT2D eigenvalue weighted by Crippen LogP contribution is -2.17. The smallest absolute Gasteiger partial charge is 0.226 e. The second-order valence-corrected chi connectivity index (χ2v) is 4.35. The van der Waals surface area contributed by atoms with Crippen molar-refractivity contribution in [1.82, 2.24) is 0 Å². The standard InChI is InChI=1S/C14H22N2O3/c1-4-10(2)19-8-7-14(17)16-12-9-11(15)5-6-13(12)18-3/h5-6,9-10H,4,7-8,15H2,1-3H3,(H,16,17). The van der Waals surface area contributed by atoms with Crippen molar-refractivity contribution in [3.63, 3.8) is 0 Å². The van der Waals surface area contributed by atoms with Gasteiger partial charge in [-0.15, -0.1) is 0 Å². The molecule has 3 N–H and O–H groups in total. The number of hydrogen-bond acceptors (Lipinski definition) is 4. The fourth-order valence-corrected chi connectivity index (χ4v) is 1.51. The summed E-state index contributed by atoms with van der Waals surface area (Å²) >= 11 is 0. The molecule has 0 aliphatic heterocycles. The Morgan fingerprint density at radius 1 is 1.47 bits per heavy atom. The van der Waals surface area contributed by atoms with Crippen molar-refractivity contribution in [3.05, 3.63) is 18.2 Å². The highest BCUT2D eigenvalue weighted by Crippen LogP contribution is 2.26. The van der Waals surface area contributed by atoms with Crippen LogP contribution in [-0.2, 0) is 9.53 Å². The van der Waals surface area contributed by atoms with Crippen molar-refractivity contribution in [2.45, 2.75) is 32.8 Å². The lowest BCUT2D eigenvalue weighted by Gasteiger charge is -2.12. The summed E-state index contributed by atoms with van der Waals surface area (Å²) < 4.78 is 10.6. The summed E-state index contributed by atoms with van der Waals surface area (Å²) in [7, 11) is 1.55. The van der Waals surface area contributed by atoms with Crippen LogP contribution < -0.4 is 15.8 Å². The van der Waals surface area contributed by atoms with Gasteiger partial charge in [0.1, 0.15) is 5.75 Å². The largest absolute Gasteiger partial charge is 0.495 e. The predicted molar refractivity (Wildman–Crippen MR) is 76.4 cm³/mol. The van der Waals surface area contributed by atoms with Gasteiger partial charge in [-0.3, -0.25) is 4.79 Å². The van der Waals surface area contributed by atoms with Crippen molar-refractivity contribution >= 4 is 17.3 Å². The lowest BCUT2D eigenvalue weighted by molar-refractivity contribution is -0.117. The zero-order valence-electron chi connectivity index (χ0n) is 11.7. The van der Waals surface area contributed by atoms with Gasteiger partial charge in [0.2, 0.25) is 5.91 Å². The fraction of sp³-hybridized carbons (Fsp3) is 0.500. The van der Waals surface area contributed by atoms with Crippen LogP contribution in [0.1, 0.15) is 26.7 Å². The van der Waals surface area contributed by atoms with E-state index in [2.05, 4.69) is 5.32 Å². The summed E-state index contributed by atoms with van der Waals surface area (Å²) in [5.41, 5.74) is 6.84. The first-order valence-corrected chi connectivity index (χ1v) is 6.41. The van der Waals surface area contributed by atoms with Crippen LogP contribution in [0, 0.1) is 0 Å². The van der Waals surface area contributed by atoms with Gasteiger partial charge >= 0.3 is 0 Å². The molecule has 0 aliphatic carbocycles. The maximum atomic E-state index is 11.8. The van der Waals surface area contributed by atoms with E-state index in [-0.39, 0.29) is 12.0 Å². The van der Waals surface area contributed by atoms with E-state index < -0.39 is 0 Å². The van der Waals surface area contributed by atoms with Gasteiger partial charge in [-0.2, -0.15) is 0 Å². The quantitative estimate of drug-likeness (QED) is 0.743. The van der Waals surface area contributed by atoms with Gasteiger partial charge in [0, 0.05) is 5.69 Å². The van der Waals surface area contributed by atoms with Crippen LogP contribution in [0.3, 0.4) is 0 Å². The zero-order valence-corrected chi connectivity index (χ0v) is 11.7. The highest BCUT2D eigenvalue weighted by atomic mass is 16.5. The first-order chi connectivity index (χ1) is 9.06. The van der Waals surface area contributed by atoms with Crippen LogP contribution in [0.15, 0.2) is 18.2 Å². The van der Waals surface area contributed by atoms with Crippen LogP contribution >= 0.6 is 0 Å². The Kier molecular flexibility index (Phi) is 6.15. The zero-order chi connectivity index (χ0) is 14.3. The first kappa shape index (κ1) is 15.3. The van der Waals surface area contributed by atoms with E-state index in [9.17, 15) is 4.79 Å². The summed E-state index contributed by atoms with van der Waals surface area (Å²) in [5.74, 6) is 0.470. The molecule has 0 spiro atoms. The molecule has 106 valence electrons. The van der Waals surface area contributed by atoms with Crippen LogP contribution in [-0.4, -0.2) is 25.7 Å². The minimum atomic E-state index is -0.118. The van der Waals surface area contributed by atoms with Crippen LogP contribution in [0.25, 0.3) is 0 Å². The molecule has 0 radical (unpaired) electrons. The van der Waals surface area contributed by atoms with Gasteiger partial charge in [0.05, 0.1) is 31.9 Å². The van der Waals surface area contributed by atoms with Crippen molar-refractivity contribution < 1.29 is 14.3 Å². The van der Waals surface area contributed by atoms with E-state index in [0.717, 1.165) is 6.42 Å². The summed E-state index contributed by atoms with van der Waals surface area (Å²) in [6.45, 7) is 4.44. The lowest BCUT2D eigenvalue weighted by atomic mass is 10.2. The topological polar surface area (TPSA) is 73.6 Å². The molecule has 0 aromatic heterocycles. The fourth-order valence-electron chi connectivity index (χ4n) is 1.51. The Labute approximate surface area is 114 Å². The molecular formula is C14H22N2O3. The van der Waals surface area contributed by atoms with E-state index in [1.54, 1.807) is 25.3 Å². The summed E-state index contributed by atoms with van der Waals surface area (Å²) in [5, 5.41) is 2.77. The van der Waals surface area contributed by atoms with E-state index in [1.807, 2.05) is 13.8 Å². The molecule has 5 nitrogen and oxygen atoms in total. The van der Waals surface area contributed by atoms with E-state index in [0.29, 0.717) is 30.2 Å². The molecule has 0 aliphatic rings. The second kappa shape index (κ2) is 7.63. The molecule has 19 heavy (non-hydrogen) atoms. The maximum Gasteiger partial charge on any atom is 0.226 e. The van der Waals surface area contributed by atoms with Gasteiger partial charge < -0.3 is 20.5 Å². The number of nitrogens with two attached hydrogens (primary N) is 1. The van der Waals surface area contributed by atoms with Crippen molar-refractivity contribution in [3.8, 4) is 5.75 Å². The molecule has 0 fully saturated rings. The predicted octanol–water partition coefficient (Wildman–Crippen LogP) is 2.42. The highest BCUT2D eigenvalue weighted by molar-refractivity contribution is 5.92. The average molecular weight is 266 g/mol. The number of hydrogen-bond donors (Lipinski definition) is 2. The Bertz CT molecular complexity index is 421. The first-order valence-electron chi connectivity index (χ1n) is 6.41. The Balaban J connectivity index is 2.50. The summed E-state index contributed by atoms with van der Waals surface area (Å²) in [6, 6.07) is 5.12. The number of carbonyl (C=O) groups excluding carboxylic acids is 1. The van der Waals surface area contributed by atoms with Crippen LogP contribution in [0.2, 0.25) is 0 Å². The number of amides is 1. The van der Waals surface area contributed by atoms with Crippen molar-refractivity contribution in [2.75, 3.05) is 24.8 Å². The Morgan fingerprint density at radius 2 is 2.21 bits per heavy atom. The van der Waals surface area contributed by atoms with E-state index in [1.165, 1.54) is 0 Å². The third-order valence-electron chi connectivity index (χ3n) is 2.80. The molecule has 1 aromatic rings. The molecule has 1 rings (SSSR count). The molecule has 0 saturated carbocycles. The number of ether oxygens (including phenoxy) is 2.